The van der Waals surface area contributed by atoms with Gasteiger partial charge >= 0.3 is 0 Å². The first kappa shape index (κ1) is 14.8. The van der Waals surface area contributed by atoms with Gasteiger partial charge in [-0.05, 0) is 24.3 Å². The topological polar surface area (TPSA) is 39.2 Å². The van der Waals surface area contributed by atoms with E-state index in [0.29, 0.717) is 16.4 Å². The number of hydrogen-bond acceptors (Lipinski definition) is 3. The van der Waals surface area contributed by atoms with Gasteiger partial charge in [0.15, 0.2) is 5.58 Å². The number of furan rings is 1. The number of halogens is 2. The van der Waals surface area contributed by atoms with Gasteiger partial charge in [0.25, 0.3) is 0 Å². The SMILES string of the molecule is NC(CSc1ccccc1Cl)c1cc2cccc(Cl)c2o1. The van der Waals surface area contributed by atoms with Crippen molar-refractivity contribution in [2.75, 3.05) is 5.75 Å². The maximum absolute atomic E-state index is 6.21. The third-order valence-corrected chi connectivity index (χ3v) is 5.07. The number of fused-ring (bicyclic) bond motifs is 1. The molecule has 0 saturated carbocycles. The van der Waals surface area contributed by atoms with Crippen LogP contribution in [0.2, 0.25) is 10.0 Å². The van der Waals surface area contributed by atoms with Crippen molar-refractivity contribution < 1.29 is 4.42 Å². The molecule has 0 fully saturated rings. The maximum atomic E-state index is 6.21. The van der Waals surface area contributed by atoms with E-state index in [1.54, 1.807) is 17.8 Å². The summed E-state index contributed by atoms with van der Waals surface area (Å²) in [6.45, 7) is 0. The second-order valence-electron chi connectivity index (χ2n) is 4.65. The fourth-order valence-electron chi connectivity index (χ4n) is 2.05. The Bertz CT molecular complexity index is 772. The summed E-state index contributed by atoms with van der Waals surface area (Å²) in [6, 6.07) is 15.1. The highest BCUT2D eigenvalue weighted by atomic mass is 35.5. The smallest absolute Gasteiger partial charge is 0.152 e. The molecule has 5 heteroatoms. The Labute approximate surface area is 137 Å². The van der Waals surface area contributed by atoms with Gasteiger partial charge < -0.3 is 10.2 Å². The van der Waals surface area contributed by atoms with Gasteiger partial charge in [0.2, 0.25) is 0 Å². The van der Waals surface area contributed by atoms with Gasteiger partial charge in [-0.25, -0.2) is 0 Å². The first-order valence-electron chi connectivity index (χ1n) is 6.46. The summed E-state index contributed by atoms with van der Waals surface area (Å²) in [5, 5.41) is 2.31. The van der Waals surface area contributed by atoms with Crippen LogP contribution in [0.4, 0.5) is 0 Å². The Morgan fingerprint density at radius 3 is 2.57 bits per heavy atom. The summed E-state index contributed by atoms with van der Waals surface area (Å²) in [5.41, 5.74) is 6.89. The molecular weight excluding hydrogens is 325 g/mol. The molecule has 0 aliphatic rings. The molecule has 0 amide bonds. The van der Waals surface area contributed by atoms with Crippen molar-refractivity contribution in [3.63, 3.8) is 0 Å². The van der Waals surface area contributed by atoms with Crippen molar-refractivity contribution in [3.8, 4) is 0 Å². The van der Waals surface area contributed by atoms with E-state index in [2.05, 4.69) is 0 Å². The van der Waals surface area contributed by atoms with Gasteiger partial charge in [-0.15, -0.1) is 11.8 Å². The molecule has 1 heterocycles. The average Bonchev–Trinajstić information content (AvgIpc) is 2.92. The number of hydrogen-bond donors (Lipinski definition) is 1. The van der Waals surface area contributed by atoms with Crippen molar-refractivity contribution in [1.82, 2.24) is 0 Å². The second-order valence-corrected chi connectivity index (χ2v) is 6.53. The van der Waals surface area contributed by atoms with Crippen LogP contribution in [-0.4, -0.2) is 5.75 Å². The van der Waals surface area contributed by atoms with Crippen molar-refractivity contribution in [2.45, 2.75) is 10.9 Å². The zero-order chi connectivity index (χ0) is 14.8. The van der Waals surface area contributed by atoms with E-state index in [0.717, 1.165) is 21.1 Å². The monoisotopic (exact) mass is 337 g/mol. The quantitative estimate of drug-likeness (QED) is 0.636. The molecule has 0 bridgehead atoms. The van der Waals surface area contributed by atoms with E-state index in [-0.39, 0.29) is 6.04 Å². The Kier molecular flexibility index (Phi) is 4.45. The van der Waals surface area contributed by atoms with Gasteiger partial charge in [-0.2, -0.15) is 0 Å². The molecule has 2 aromatic carbocycles. The normalized spacial score (nSPS) is 12.7. The molecule has 0 spiro atoms. The van der Waals surface area contributed by atoms with Crippen LogP contribution >= 0.6 is 35.0 Å². The summed E-state index contributed by atoms with van der Waals surface area (Å²) in [6.07, 6.45) is 0. The lowest BCUT2D eigenvalue weighted by Crippen LogP contribution is -2.11. The third kappa shape index (κ3) is 3.22. The van der Waals surface area contributed by atoms with Gasteiger partial charge in [-0.1, -0.05) is 47.5 Å². The van der Waals surface area contributed by atoms with Crippen LogP contribution in [0.25, 0.3) is 11.0 Å². The summed E-state index contributed by atoms with van der Waals surface area (Å²) >= 11 is 13.9. The predicted molar refractivity (Wildman–Crippen MR) is 90.3 cm³/mol. The van der Waals surface area contributed by atoms with E-state index < -0.39 is 0 Å². The minimum Gasteiger partial charge on any atom is -0.458 e. The highest BCUT2D eigenvalue weighted by Gasteiger charge is 2.14. The minimum atomic E-state index is -0.213. The number of rotatable bonds is 4. The Hall–Kier alpha value is -1.13. The van der Waals surface area contributed by atoms with Crippen LogP contribution in [0.5, 0.6) is 0 Å². The second kappa shape index (κ2) is 6.32. The lowest BCUT2D eigenvalue weighted by molar-refractivity contribution is 0.516. The molecule has 108 valence electrons. The molecular formula is C16H13Cl2NOS. The molecule has 1 aromatic heterocycles. The van der Waals surface area contributed by atoms with E-state index in [1.165, 1.54) is 0 Å². The van der Waals surface area contributed by atoms with E-state index >= 15 is 0 Å². The van der Waals surface area contributed by atoms with Crippen molar-refractivity contribution in [1.29, 1.82) is 0 Å². The molecule has 0 aliphatic carbocycles. The van der Waals surface area contributed by atoms with Crippen molar-refractivity contribution in [3.05, 3.63) is 64.3 Å². The first-order valence-corrected chi connectivity index (χ1v) is 8.20. The molecule has 0 aliphatic heterocycles. The number of thioether (sulfide) groups is 1. The van der Waals surface area contributed by atoms with Crippen molar-refractivity contribution in [2.24, 2.45) is 5.73 Å². The average molecular weight is 338 g/mol. The Morgan fingerprint density at radius 1 is 1.05 bits per heavy atom. The van der Waals surface area contributed by atoms with Crippen LogP contribution in [0.1, 0.15) is 11.8 Å². The third-order valence-electron chi connectivity index (χ3n) is 3.14. The summed E-state index contributed by atoms with van der Waals surface area (Å²) in [5.74, 6) is 1.42. The molecule has 3 rings (SSSR count). The summed E-state index contributed by atoms with van der Waals surface area (Å²) in [4.78, 5) is 1.02. The summed E-state index contributed by atoms with van der Waals surface area (Å²) in [7, 11) is 0. The highest BCUT2D eigenvalue weighted by Crippen LogP contribution is 2.32. The van der Waals surface area contributed by atoms with E-state index in [4.69, 9.17) is 33.4 Å². The number of nitrogens with two attached hydrogens (primary N) is 1. The first-order chi connectivity index (χ1) is 10.1. The Balaban J connectivity index is 1.76. The van der Waals surface area contributed by atoms with Crippen LogP contribution in [0.15, 0.2) is 57.8 Å². The van der Waals surface area contributed by atoms with E-state index in [9.17, 15) is 0 Å². The zero-order valence-corrected chi connectivity index (χ0v) is 13.4. The van der Waals surface area contributed by atoms with Gasteiger partial charge in [0, 0.05) is 16.0 Å². The molecule has 0 radical (unpaired) electrons. The molecule has 2 nitrogen and oxygen atoms in total. The van der Waals surface area contributed by atoms with Crippen LogP contribution in [0.3, 0.4) is 0 Å². The number of para-hydroxylation sites is 1. The van der Waals surface area contributed by atoms with Gasteiger partial charge in [0.05, 0.1) is 16.1 Å². The van der Waals surface area contributed by atoms with Crippen LogP contribution < -0.4 is 5.73 Å². The lowest BCUT2D eigenvalue weighted by Gasteiger charge is -2.09. The fraction of sp³-hybridized carbons (Fsp3) is 0.125. The molecule has 3 aromatic rings. The molecule has 2 N–H and O–H groups in total. The predicted octanol–water partition coefficient (Wildman–Crippen LogP) is 5.53. The van der Waals surface area contributed by atoms with E-state index in [1.807, 2.05) is 42.5 Å². The van der Waals surface area contributed by atoms with Crippen LogP contribution in [-0.2, 0) is 0 Å². The largest absolute Gasteiger partial charge is 0.458 e. The standard InChI is InChI=1S/C16H13Cl2NOS/c17-11-5-1-2-7-15(11)21-9-13(19)14-8-10-4-3-6-12(18)16(10)20-14/h1-8,13H,9,19H2. The molecule has 1 atom stereocenters. The van der Waals surface area contributed by atoms with Crippen molar-refractivity contribution >= 4 is 45.9 Å². The number of benzene rings is 2. The van der Waals surface area contributed by atoms with Gasteiger partial charge in [0.1, 0.15) is 5.76 Å². The maximum Gasteiger partial charge on any atom is 0.152 e. The fourth-order valence-corrected chi connectivity index (χ4v) is 3.48. The minimum absolute atomic E-state index is 0.213. The molecule has 1 unspecified atom stereocenters. The lowest BCUT2D eigenvalue weighted by atomic mass is 10.2. The van der Waals surface area contributed by atoms with Crippen LogP contribution in [0, 0.1) is 0 Å². The molecule has 21 heavy (non-hydrogen) atoms. The molecule has 0 saturated heterocycles. The highest BCUT2D eigenvalue weighted by molar-refractivity contribution is 7.99. The Morgan fingerprint density at radius 2 is 1.81 bits per heavy atom. The summed E-state index contributed by atoms with van der Waals surface area (Å²) < 4.78 is 5.78. The van der Waals surface area contributed by atoms with Gasteiger partial charge in [-0.3, -0.25) is 0 Å². The zero-order valence-electron chi connectivity index (χ0n) is 11.1.